The second-order valence-corrected chi connectivity index (χ2v) is 7.69. The van der Waals surface area contributed by atoms with Gasteiger partial charge in [0.1, 0.15) is 11.4 Å². The molecule has 2 heterocycles. The van der Waals surface area contributed by atoms with Crippen LogP contribution in [0.25, 0.3) is 0 Å². The Labute approximate surface area is 168 Å². The molecule has 0 radical (unpaired) electrons. The molecule has 0 atom stereocenters. The summed E-state index contributed by atoms with van der Waals surface area (Å²) in [6.07, 6.45) is 0.740. The van der Waals surface area contributed by atoms with Crippen molar-refractivity contribution in [3.63, 3.8) is 0 Å². The van der Waals surface area contributed by atoms with Gasteiger partial charge in [-0.25, -0.2) is 9.18 Å². The molecule has 2 aliphatic heterocycles. The summed E-state index contributed by atoms with van der Waals surface area (Å²) in [6.45, 7) is 2.81. The fraction of sp³-hybridized carbons (Fsp3) is 0.318. The van der Waals surface area contributed by atoms with Crippen LogP contribution in [0.3, 0.4) is 0 Å². The summed E-state index contributed by atoms with van der Waals surface area (Å²) in [6, 6.07) is 12.7. The minimum absolute atomic E-state index is 0.0662. The van der Waals surface area contributed by atoms with E-state index in [2.05, 4.69) is 5.32 Å². The summed E-state index contributed by atoms with van der Waals surface area (Å²) >= 11 is 0. The van der Waals surface area contributed by atoms with Gasteiger partial charge < -0.3 is 10.2 Å². The van der Waals surface area contributed by atoms with E-state index in [0.717, 1.165) is 5.56 Å². The van der Waals surface area contributed by atoms with Crippen LogP contribution in [-0.4, -0.2) is 46.3 Å². The number of carbonyl (C=O) groups excluding carboxylic acids is 3. The monoisotopic (exact) mass is 395 g/mol. The van der Waals surface area contributed by atoms with Crippen molar-refractivity contribution in [1.82, 2.24) is 15.1 Å². The maximum Gasteiger partial charge on any atom is 0.325 e. The number of amides is 4. The molecule has 7 heteroatoms. The maximum absolute atomic E-state index is 13.1. The molecule has 0 unspecified atom stereocenters. The lowest BCUT2D eigenvalue weighted by molar-refractivity contribution is -0.133. The smallest absolute Gasteiger partial charge is 0.325 e. The molecule has 2 fully saturated rings. The van der Waals surface area contributed by atoms with Gasteiger partial charge in [-0.2, -0.15) is 0 Å². The number of benzene rings is 2. The van der Waals surface area contributed by atoms with E-state index < -0.39 is 11.6 Å². The number of likely N-dealkylation sites (tertiary alicyclic amines) is 1. The van der Waals surface area contributed by atoms with Crippen LogP contribution >= 0.6 is 0 Å². The molecule has 2 saturated heterocycles. The predicted molar refractivity (Wildman–Crippen MR) is 105 cm³/mol. The highest BCUT2D eigenvalue weighted by atomic mass is 19.1. The van der Waals surface area contributed by atoms with E-state index in [1.807, 2.05) is 25.1 Å². The van der Waals surface area contributed by atoms with E-state index in [1.165, 1.54) is 17.0 Å². The molecule has 2 aliphatic rings. The van der Waals surface area contributed by atoms with E-state index in [1.54, 1.807) is 23.1 Å². The van der Waals surface area contributed by atoms with E-state index in [4.69, 9.17) is 0 Å². The summed E-state index contributed by atoms with van der Waals surface area (Å²) in [5, 5.41) is 2.83. The zero-order chi connectivity index (χ0) is 20.6. The highest BCUT2D eigenvalue weighted by molar-refractivity contribution is 6.07. The molecule has 0 aromatic heterocycles. The topological polar surface area (TPSA) is 69.7 Å². The van der Waals surface area contributed by atoms with Crippen LogP contribution in [-0.2, 0) is 11.3 Å². The van der Waals surface area contributed by atoms with Crippen molar-refractivity contribution in [2.75, 3.05) is 13.1 Å². The SMILES string of the molecule is Cc1cccc(C(=O)N2CCC3(CC2)NC(=O)N(Cc2ccc(F)cc2)C3=O)c1. The van der Waals surface area contributed by atoms with Crippen molar-refractivity contribution in [2.24, 2.45) is 0 Å². The number of rotatable bonds is 3. The minimum atomic E-state index is -0.972. The third-order valence-electron chi connectivity index (χ3n) is 5.67. The Morgan fingerprint density at radius 3 is 2.45 bits per heavy atom. The Morgan fingerprint density at radius 2 is 1.79 bits per heavy atom. The van der Waals surface area contributed by atoms with Gasteiger partial charge in [0.05, 0.1) is 6.54 Å². The summed E-state index contributed by atoms with van der Waals surface area (Å²) < 4.78 is 13.1. The normalized spacial score (nSPS) is 18.3. The molecule has 29 heavy (non-hydrogen) atoms. The van der Waals surface area contributed by atoms with Crippen molar-refractivity contribution >= 4 is 17.8 Å². The molecule has 0 aliphatic carbocycles. The van der Waals surface area contributed by atoms with Gasteiger partial charge in [-0.15, -0.1) is 0 Å². The second-order valence-electron chi connectivity index (χ2n) is 7.69. The largest absolute Gasteiger partial charge is 0.338 e. The number of hydrogen-bond donors (Lipinski definition) is 1. The van der Waals surface area contributed by atoms with E-state index in [9.17, 15) is 18.8 Å². The zero-order valence-corrected chi connectivity index (χ0v) is 16.2. The first-order valence-corrected chi connectivity index (χ1v) is 9.62. The van der Waals surface area contributed by atoms with E-state index in [-0.39, 0.29) is 24.2 Å². The molecule has 150 valence electrons. The molecule has 1 N–H and O–H groups in total. The van der Waals surface area contributed by atoms with Gasteiger partial charge in [0, 0.05) is 18.7 Å². The lowest BCUT2D eigenvalue weighted by Gasteiger charge is -2.37. The molecule has 2 aromatic rings. The number of imide groups is 1. The predicted octanol–water partition coefficient (Wildman–Crippen LogP) is 2.86. The van der Waals surface area contributed by atoms with E-state index >= 15 is 0 Å². The van der Waals surface area contributed by atoms with Gasteiger partial charge in [0.2, 0.25) is 0 Å². The van der Waals surface area contributed by atoms with Crippen LogP contribution < -0.4 is 5.32 Å². The van der Waals surface area contributed by atoms with E-state index in [0.29, 0.717) is 37.1 Å². The number of aryl methyl sites for hydroxylation is 1. The third kappa shape index (κ3) is 3.60. The van der Waals surface area contributed by atoms with Crippen molar-refractivity contribution in [1.29, 1.82) is 0 Å². The molecular weight excluding hydrogens is 373 g/mol. The molecule has 0 bridgehead atoms. The zero-order valence-electron chi connectivity index (χ0n) is 16.2. The second kappa shape index (κ2) is 7.31. The summed E-state index contributed by atoms with van der Waals surface area (Å²) in [5.41, 5.74) is 1.35. The number of hydrogen-bond acceptors (Lipinski definition) is 3. The third-order valence-corrected chi connectivity index (χ3v) is 5.67. The number of nitrogens with zero attached hydrogens (tertiary/aromatic N) is 2. The standard InChI is InChI=1S/C22H22FN3O3/c1-15-3-2-4-17(13-15)19(27)25-11-9-22(10-12-25)20(28)26(21(29)24-22)14-16-5-7-18(23)8-6-16/h2-8,13H,9-12,14H2,1H3,(H,24,29). The minimum Gasteiger partial charge on any atom is -0.338 e. The van der Waals surface area contributed by atoms with Gasteiger partial charge in [0.25, 0.3) is 11.8 Å². The lowest BCUT2D eigenvalue weighted by atomic mass is 9.87. The Bertz CT molecular complexity index is 966. The van der Waals surface area contributed by atoms with Crippen molar-refractivity contribution in [3.05, 3.63) is 71.0 Å². The Kier molecular flexibility index (Phi) is 4.82. The van der Waals surface area contributed by atoms with Gasteiger partial charge in [-0.1, -0.05) is 29.8 Å². The molecule has 0 saturated carbocycles. The van der Waals surface area contributed by atoms with Gasteiger partial charge in [-0.05, 0) is 49.6 Å². The first-order valence-electron chi connectivity index (χ1n) is 9.62. The number of nitrogens with one attached hydrogen (secondary N) is 1. The quantitative estimate of drug-likeness (QED) is 0.813. The van der Waals surface area contributed by atoms with Crippen LogP contribution in [0.4, 0.5) is 9.18 Å². The summed E-state index contributed by atoms with van der Waals surface area (Å²) in [7, 11) is 0. The molecule has 2 aromatic carbocycles. The first-order chi connectivity index (χ1) is 13.9. The van der Waals surface area contributed by atoms with Crippen LogP contribution in [0.1, 0.15) is 34.3 Å². The average Bonchev–Trinajstić information content (AvgIpc) is 2.94. The summed E-state index contributed by atoms with van der Waals surface area (Å²) in [4.78, 5) is 41.1. The van der Waals surface area contributed by atoms with Gasteiger partial charge in [-0.3, -0.25) is 14.5 Å². The summed E-state index contributed by atoms with van der Waals surface area (Å²) in [5.74, 6) is -0.717. The fourth-order valence-electron chi connectivity index (χ4n) is 3.98. The van der Waals surface area contributed by atoms with Gasteiger partial charge in [0.15, 0.2) is 0 Å². The molecule has 4 amide bonds. The molecule has 6 nitrogen and oxygen atoms in total. The molecule has 1 spiro atoms. The van der Waals surface area contributed by atoms with Crippen molar-refractivity contribution in [3.8, 4) is 0 Å². The fourth-order valence-corrected chi connectivity index (χ4v) is 3.98. The maximum atomic E-state index is 13.1. The van der Waals surface area contributed by atoms with Crippen molar-refractivity contribution < 1.29 is 18.8 Å². The molecular formula is C22H22FN3O3. The van der Waals surface area contributed by atoms with Crippen LogP contribution in [0, 0.1) is 12.7 Å². The number of piperidine rings is 1. The highest BCUT2D eigenvalue weighted by Crippen LogP contribution is 2.31. The Hall–Kier alpha value is -3.22. The van der Waals surface area contributed by atoms with Crippen LogP contribution in [0.2, 0.25) is 0 Å². The lowest BCUT2D eigenvalue weighted by Crippen LogP contribution is -2.55. The van der Waals surface area contributed by atoms with Gasteiger partial charge >= 0.3 is 6.03 Å². The molecule has 4 rings (SSSR count). The number of halogens is 1. The number of carbonyl (C=O) groups is 3. The number of urea groups is 1. The van der Waals surface area contributed by atoms with Crippen LogP contribution in [0.15, 0.2) is 48.5 Å². The highest BCUT2D eigenvalue weighted by Gasteiger charge is 2.52. The Morgan fingerprint density at radius 1 is 1.10 bits per heavy atom. The Balaban J connectivity index is 1.44. The first kappa shape index (κ1) is 19.1. The van der Waals surface area contributed by atoms with Crippen molar-refractivity contribution in [2.45, 2.75) is 31.8 Å². The average molecular weight is 395 g/mol. The van der Waals surface area contributed by atoms with Crippen LogP contribution in [0.5, 0.6) is 0 Å².